The van der Waals surface area contributed by atoms with Crippen molar-refractivity contribution in [3.8, 4) is 0 Å². The zero-order valence-electron chi connectivity index (χ0n) is 10.9. The smallest absolute Gasteiger partial charge is 0.236 e. The Balaban J connectivity index is 1.78. The van der Waals surface area contributed by atoms with Crippen molar-refractivity contribution < 1.29 is 9.59 Å². The molecule has 3 rings (SSSR count). The molecule has 0 aromatic carbocycles. The second-order valence-electron chi connectivity index (χ2n) is 6.33. The van der Waals surface area contributed by atoms with E-state index in [0.29, 0.717) is 6.42 Å². The number of hydrogen-bond donors (Lipinski definition) is 1. The van der Waals surface area contributed by atoms with Crippen molar-refractivity contribution in [1.29, 1.82) is 0 Å². The molecule has 1 saturated heterocycles. The maximum atomic E-state index is 12.7. The SMILES string of the molecule is NC1CC(N2C(=O)CC3(CCCCCC3)C2=O)C1. The van der Waals surface area contributed by atoms with Crippen molar-refractivity contribution in [2.75, 3.05) is 0 Å². The summed E-state index contributed by atoms with van der Waals surface area (Å²) >= 11 is 0. The van der Waals surface area contributed by atoms with E-state index in [-0.39, 0.29) is 29.3 Å². The molecule has 18 heavy (non-hydrogen) atoms. The Hall–Kier alpha value is -0.900. The van der Waals surface area contributed by atoms with E-state index < -0.39 is 0 Å². The highest BCUT2D eigenvalue weighted by molar-refractivity contribution is 6.06. The molecule has 0 bridgehead atoms. The summed E-state index contributed by atoms with van der Waals surface area (Å²) < 4.78 is 0. The lowest BCUT2D eigenvalue weighted by Crippen LogP contribution is -2.53. The molecule has 0 aromatic rings. The molecule has 3 fully saturated rings. The van der Waals surface area contributed by atoms with Gasteiger partial charge in [0.2, 0.25) is 11.8 Å². The lowest BCUT2D eigenvalue weighted by molar-refractivity contribution is -0.146. The number of nitrogens with zero attached hydrogens (tertiary/aromatic N) is 1. The fraction of sp³-hybridized carbons (Fsp3) is 0.857. The molecule has 2 aliphatic carbocycles. The van der Waals surface area contributed by atoms with Crippen LogP contribution in [0.15, 0.2) is 0 Å². The molecule has 1 aliphatic heterocycles. The highest BCUT2D eigenvalue weighted by Gasteiger charge is 2.54. The largest absolute Gasteiger partial charge is 0.328 e. The number of hydrogen-bond acceptors (Lipinski definition) is 3. The summed E-state index contributed by atoms with van der Waals surface area (Å²) in [5.74, 6) is 0.171. The molecule has 1 spiro atoms. The Morgan fingerprint density at radius 2 is 1.67 bits per heavy atom. The number of carbonyl (C=O) groups is 2. The van der Waals surface area contributed by atoms with Gasteiger partial charge in [-0.15, -0.1) is 0 Å². The van der Waals surface area contributed by atoms with Crippen molar-refractivity contribution in [3.05, 3.63) is 0 Å². The van der Waals surface area contributed by atoms with E-state index in [1.165, 1.54) is 12.8 Å². The lowest BCUT2D eigenvalue weighted by Gasteiger charge is -2.39. The van der Waals surface area contributed by atoms with Crippen molar-refractivity contribution in [1.82, 2.24) is 4.90 Å². The molecule has 0 radical (unpaired) electrons. The Morgan fingerprint density at radius 1 is 1.06 bits per heavy atom. The van der Waals surface area contributed by atoms with Crippen molar-refractivity contribution >= 4 is 11.8 Å². The van der Waals surface area contributed by atoms with Crippen LogP contribution in [0.2, 0.25) is 0 Å². The van der Waals surface area contributed by atoms with E-state index in [1.54, 1.807) is 4.90 Å². The molecule has 0 atom stereocenters. The standard InChI is InChI=1S/C14H22N2O2/c15-10-7-11(8-10)16-12(17)9-14(13(16)18)5-3-1-2-4-6-14/h10-11H,1-9,15H2. The zero-order chi connectivity index (χ0) is 12.8. The Morgan fingerprint density at radius 3 is 2.22 bits per heavy atom. The number of imide groups is 1. The number of rotatable bonds is 1. The Kier molecular flexibility index (Phi) is 2.93. The van der Waals surface area contributed by atoms with E-state index in [0.717, 1.165) is 38.5 Å². The molecule has 2 N–H and O–H groups in total. The van der Waals surface area contributed by atoms with E-state index in [9.17, 15) is 9.59 Å². The maximum Gasteiger partial charge on any atom is 0.236 e. The fourth-order valence-corrected chi connectivity index (χ4v) is 3.83. The molecule has 3 aliphatic rings. The highest BCUT2D eigenvalue weighted by atomic mass is 16.2. The minimum Gasteiger partial charge on any atom is -0.328 e. The molecule has 0 unspecified atom stereocenters. The van der Waals surface area contributed by atoms with Gasteiger partial charge in [0.1, 0.15) is 0 Å². The number of amides is 2. The first kappa shape index (κ1) is 12.2. The second-order valence-corrected chi connectivity index (χ2v) is 6.33. The van der Waals surface area contributed by atoms with Crippen LogP contribution in [0, 0.1) is 5.41 Å². The van der Waals surface area contributed by atoms with Crippen LogP contribution in [0.1, 0.15) is 57.8 Å². The van der Waals surface area contributed by atoms with E-state index in [1.807, 2.05) is 0 Å². The molecule has 4 heteroatoms. The third-order valence-electron chi connectivity index (χ3n) is 5.01. The molecular weight excluding hydrogens is 228 g/mol. The second kappa shape index (κ2) is 4.34. The molecule has 2 amide bonds. The monoisotopic (exact) mass is 250 g/mol. The van der Waals surface area contributed by atoms with Gasteiger partial charge in [-0.25, -0.2) is 0 Å². The van der Waals surface area contributed by atoms with Gasteiger partial charge in [0, 0.05) is 18.5 Å². The number of carbonyl (C=O) groups excluding carboxylic acids is 2. The molecule has 1 heterocycles. The van der Waals surface area contributed by atoms with Crippen LogP contribution < -0.4 is 5.73 Å². The fourth-order valence-electron chi connectivity index (χ4n) is 3.83. The van der Waals surface area contributed by atoms with Gasteiger partial charge in [-0.05, 0) is 25.7 Å². The van der Waals surface area contributed by atoms with E-state index in [2.05, 4.69) is 0 Å². The first-order chi connectivity index (χ1) is 8.62. The van der Waals surface area contributed by atoms with Crippen LogP contribution in [0.25, 0.3) is 0 Å². The molecule has 4 nitrogen and oxygen atoms in total. The zero-order valence-corrected chi connectivity index (χ0v) is 10.9. The Labute approximate surface area is 108 Å². The lowest BCUT2D eigenvalue weighted by atomic mass is 9.78. The van der Waals surface area contributed by atoms with Crippen LogP contribution in [0.3, 0.4) is 0 Å². The van der Waals surface area contributed by atoms with Crippen LogP contribution >= 0.6 is 0 Å². The van der Waals surface area contributed by atoms with Gasteiger partial charge in [0.15, 0.2) is 0 Å². The average molecular weight is 250 g/mol. The van der Waals surface area contributed by atoms with Crippen molar-refractivity contribution in [3.63, 3.8) is 0 Å². The van der Waals surface area contributed by atoms with Crippen molar-refractivity contribution in [2.45, 2.75) is 69.9 Å². The first-order valence-electron chi connectivity index (χ1n) is 7.24. The van der Waals surface area contributed by atoms with Gasteiger partial charge < -0.3 is 5.73 Å². The topological polar surface area (TPSA) is 63.4 Å². The quantitative estimate of drug-likeness (QED) is 0.719. The third kappa shape index (κ3) is 1.78. The average Bonchev–Trinajstić information content (AvgIpc) is 2.48. The van der Waals surface area contributed by atoms with Gasteiger partial charge in [0.05, 0.1) is 5.41 Å². The van der Waals surface area contributed by atoms with Gasteiger partial charge >= 0.3 is 0 Å². The van der Waals surface area contributed by atoms with Crippen LogP contribution in [0.4, 0.5) is 0 Å². The summed E-state index contributed by atoms with van der Waals surface area (Å²) in [5, 5.41) is 0. The van der Waals surface area contributed by atoms with Gasteiger partial charge in [0.25, 0.3) is 0 Å². The van der Waals surface area contributed by atoms with E-state index in [4.69, 9.17) is 5.73 Å². The minimum atomic E-state index is -0.340. The Bertz CT molecular complexity index is 366. The van der Waals surface area contributed by atoms with E-state index >= 15 is 0 Å². The van der Waals surface area contributed by atoms with Crippen molar-refractivity contribution in [2.24, 2.45) is 11.1 Å². The van der Waals surface area contributed by atoms with Crippen LogP contribution in [-0.2, 0) is 9.59 Å². The van der Waals surface area contributed by atoms with Crippen LogP contribution in [0.5, 0.6) is 0 Å². The summed E-state index contributed by atoms with van der Waals surface area (Å²) in [7, 11) is 0. The predicted octanol–water partition coefficient (Wildman–Crippen LogP) is 1.58. The maximum absolute atomic E-state index is 12.7. The molecule has 100 valence electrons. The third-order valence-corrected chi connectivity index (χ3v) is 5.01. The minimum absolute atomic E-state index is 0.0544. The summed E-state index contributed by atoms with van der Waals surface area (Å²) in [6.45, 7) is 0. The van der Waals surface area contributed by atoms with Gasteiger partial charge in [-0.3, -0.25) is 14.5 Å². The van der Waals surface area contributed by atoms with Gasteiger partial charge in [-0.1, -0.05) is 25.7 Å². The van der Waals surface area contributed by atoms with Crippen LogP contribution in [-0.4, -0.2) is 28.8 Å². The summed E-state index contributed by atoms with van der Waals surface area (Å²) in [6, 6.07) is 0.281. The molecule has 0 aromatic heterocycles. The summed E-state index contributed by atoms with van der Waals surface area (Å²) in [6.07, 6.45) is 8.47. The summed E-state index contributed by atoms with van der Waals surface area (Å²) in [4.78, 5) is 26.4. The number of nitrogens with two attached hydrogens (primary N) is 1. The first-order valence-corrected chi connectivity index (χ1v) is 7.24. The number of likely N-dealkylation sites (tertiary alicyclic amines) is 1. The predicted molar refractivity (Wildman–Crippen MR) is 67.6 cm³/mol. The molecular formula is C14H22N2O2. The molecule has 2 saturated carbocycles. The summed E-state index contributed by atoms with van der Waals surface area (Å²) in [5.41, 5.74) is 5.43. The highest BCUT2D eigenvalue weighted by Crippen LogP contribution is 2.46. The van der Waals surface area contributed by atoms with Gasteiger partial charge in [-0.2, -0.15) is 0 Å². The normalized spacial score (nSPS) is 35.7.